The molecule has 0 atom stereocenters. The van der Waals surface area contributed by atoms with Crippen molar-refractivity contribution in [3.63, 3.8) is 0 Å². The molecule has 2 aromatic rings. The molecule has 0 aliphatic carbocycles. The minimum absolute atomic E-state index is 0.430. The number of ether oxygens (including phenoxy) is 1. The number of carbonyl (C=O) groups excluding carboxylic acids is 1. The molecule has 19 heavy (non-hydrogen) atoms. The molecule has 0 saturated carbocycles. The van der Waals surface area contributed by atoms with Crippen molar-refractivity contribution < 1.29 is 9.53 Å². The second kappa shape index (κ2) is 5.91. The van der Waals surface area contributed by atoms with E-state index in [9.17, 15) is 4.79 Å². The predicted molar refractivity (Wildman–Crippen MR) is 75.3 cm³/mol. The molecule has 0 spiro atoms. The monoisotopic (exact) mass is 256 g/mol. The summed E-state index contributed by atoms with van der Waals surface area (Å²) in [5.41, 5.74) is 7.64. The number of rotatable bonds is 5. The molecule has 0 aliphatic rings. The van der Waals surface area contributed by atoms with Crippen molar-refractivity contribution in [3.05, 3.63) is 59.7 Å². The van der Waals surface area contributed by atoms with Gasteiger partial charge >= 0.3 is 0 Å². The van der Waals surface area contributed by atoms with E-state index in [2.05, 4.69) is 5.32 Å². The van der Waals surface area contributed by atoms with Crippen molar-refractivity contribution in [1.29, 1.82) is 0 Å². The van der Waals surface area contributed by atoms with Crippen LogP contribution in [-0.2, 0) is 6.54 Å². The van der Waals surface area contributed by atoms with Crippen LogP contribution in [0.2, 0.25) is 0 Å². The van der Waals surface area contributed by atoms with Crippen LogP contribution in [0.3, 0.4) is 0 Å². The van der Waals surface area contributed by atoms with Crippen molar-refractivity contribution >= 4 is 11.6 Å². The van der Waals surface area contributed by atoms with Crippen LogP contribution < -0.4 is 15.8 Å². The Labute approximate surface area is 112 Å². The Hall–Kier alpha value is -2.49. The summed E-state index contributed by atoms with van der Waals surface area (Å²) >= 11 is 0. The molecule has 0 bridgehead atoms. The van der Waals surface area contributed by atoms with E-state index in [4.69, 9.17) is 10.5 Å². The molecule has 0 aliphatic heterocycles. The van der Waals surface area contributed by atoms with Gasteiger partial charge in [0.2, 0.25) is 5.91 Å². The first-order chi connectivity index (χ1) is 9.20. The highest BCUT2D eigenvalue weighted by Gasteiger charge is 2.03. The average Bonchev–Trinajstić information content (AvgIpc) is 2.45. The Balaban J connectivity index is 2.10. The molecule has 2 aromatic carbocycles. The molecule has 4 heteroatoms. The third kappa shape index (κ3) is 3.25. The van der Waals surface area contributed by atoms with Crippen LogP contribution in [0.4, 0.5) is 5.69 Å². The number of carbonyl (C=O) groups is 1. The number of hydrogen-bond acceptors (Lipinski definition) is 3. The quantitative estimate of drug-likeness (QED) is 0.863. The predicted octanol–water partition coefficient (Wildman–Crippen LogP) is 2.41. The number of para-hydroxylation sites is 1. The van der Waals surface area contributed by atoms with Crippen molar-refractivity contribution in [2.75, 3.05) is 12.4 Å². The van der Waals surface area contributed by atoms with Gasteiger partial charge in [-0.15, -0.1) is 0 Å². The zero-order valence-corrected chi connectivity index (χ0v) is 10.7. The molecule has 2 rings (SSSR count). The third-order valence-electron chi connectivity index (χ3n) is 2.82. The minimum Gasteiger partial charge on any atom is -0.496 e. The Bertz CT molecular complexity index is 582. The van der Waals surface area contributed by atoms with E-state index in [0.29, 0.717) is 12.1 Å². The molecular formula is C15H16N2O2. The molecular weight excluding hydrogens is 240 g/mol. The average molecular weight is 256 g/mol. The van der Waals surface area contributed by atoms with Crippen LogP contribution in [0.5, 0.6) is 5.75 Å². The van der Waals surface area contributed by atoms with Gasteiger partial charge in [-0.1, -0.05) is 24.3 Å². The highest BCUT2D eigenvalue weighted by Crippen LogP contribution is 2.19. The molecule has 0 saturated heterocycles. The maximum Gasteiger partial charge on any atom is 0.248 e. The molecule has 0 radical (unpaired) electrons. The maximum absolute atomic E-state index is 11.1. The number of nitrogens with one attached hydrogen (secondary N) is 1. The number of anilines is 1. The number of methoxy groups -OCH3 is 1. The van der Waals surface area contributed by atoms with Crippen LogP contribution in [0.15, 0.2) is 48.5 Å². The molecule has 0 aromatic heterocycles. The number of primary amides is 1. The van der Waals surface area contributed by atoms with E-state index in [1.807, 2.05) is 30.3 Å². The van der Waals surface area contributed by atoms with Crippen molar-refractivity contribution in [2.24, 2.45) is 5.73 Å². The first-order valence-corrected chi connectivity index (χ1v) is 5.96. The second-order valence-corrected chi connectivity index (χ2v) is 4.11. The van der Waals surface area contributed by atoms with E-state index < -0.39 is 5.91 Å². The summed E-state index contributed by atoms with van der Waals surface area (Å²) in [5, 5.41) is 3.24. The van der Waals surface area contributed by atoms with Gasteiger partial charge in [0.15, 0.2) is 0 Å². The van der Waals surface area contributed by atoms with Gasteiger partial charge < -0.3 is 15.8 Å². The topological polar surface area (TPSA) is 64.3 Å². The van der Waals surface area contributed by atoms with Gasteiger partial charge in [-0.3, -0.25) is 4.79 Å². The Morgan fingerprint density at radius 1 is 1.21 bits per heavy atom. The lowest BCUT2D eigenvalue weighted by molar-refractivity contribution is 0.100. The lowest BCUT2D eigenvalue weighted by Crippen LogP contribution is -2.11. The summed E-state index contributed by atoms with van der Waals surface area (Å²) in [6, 6.07) is 14.9. The number of amides is 1. The fourth-order valence-electron chi connectivity index (χ4n) is 1.83. The van der Waals surface area contributed by atoms with E-state index in [1.54, 1.807) is 25.3 Å². The van der Waals surface area contributed by atoms with Gasteiger partial charge in [0.1, 0.15) is 5.75 Å². The van der Waals surface area contributed by atoms with Crippen molar-refractivity contribution in [1.82, 2.24) is 0 Å². The van der Waals surface area contributed by atoms with Crippen LogP contribution in [0.25, 0.3) is 0 Å². The zero-order valence-electron chi connectivity index (χ0n) is 10.7. The normalized spacial score (nSPS) is 9.95. The van der Waals surface area contributed by atoms with Gasteiger partial charge in [0, 0.05) is 23.4 Å². The summed E-state index contributed by atoms with van der Waals surface area (Å²) in [6.45, 7) is 0.617. The summed E-state index contributed by atoms with van der Waals surface area (Å²) < 4.78 is 5.28. The molecule has 3 N–H and O–H groups in total. The third-order valence-corrected chi connectivity index (χ3v) is 2.82. The first kappa shape index (κ1) is 13.0. The number of nitrogens with two attached hydrogens (primary N) is 1. The fraction of sp³-hybridized carbons (Fsp3) is 0.133. The van der Waals surface area contributed by atoms with E-state index in [1.165, 1.54) is 0 Å². The summed E-state index contributed by atoms with van der Waals surface area (Å²) in [5.74, 6) is 0.405. The van der Waals surface area contributed by atoms with Crippen LogP contribution >= 0.6 is 0 Å². The Morgan fingerprint density at radius 3 is 2.74 bits per heavy atom. The van der Waals surface area contributed by atoms with Crippen molar-refractivity contribution in [2.45, 2.75) is 6.54 Å². The molecule has 0 unspecified atom stereocenters. The molecule has 0 heterocycles. The summed E-state index contributed by atoms with van der Waals surface area (Å²) in [7, 11) is 1.65. The van der Waals surface area contributed by atoms with Gasteiger partial charge in [-0.05, 0) is 24.3 Å². The highest BCUT2D eigenvalue weighted by molar-refractivity contribution is 5.93. The van der Waals surface area contributed by atoms with Crippen LogP contribution in [-0.4, -0.2) is 13.0 Å². The Morgan fingerprint density at radius 2 is 2.00 bits per heavy atom. The largest absolute Gasteiger partial charge is 0.496 e. The molecule has 98 valence electrons. The fourth-order valence-corrected chi connectivity index (χ4v) is 1.83. The first-order valence-electron chi connectivity index (χ1n) is 5.96. The van der Waals surface area contributed by atoms with Crippen LogP contribution in [0.1, 0.15) is 15.9 Å². The van der Waals surface area contributed by atoms with Crippen LogP contribution in [0, 0.1) is 0 Å². The summed E-state index contributed by atoms with van der Waals surface area (Å²) in [4.78, 5) is 11.1. The van der Waals surface area contributed by atoms with Gasteiger partial charge in [0.05, 0.1) is 7.11 Å². The lowest BCUT2D eigenvalue weighted by atomic mass is 10.1. The Kier molecular flexibility index (Phi) is 4.03. The standard InChI is InChI=1S/C15H16N2O2/c1-19-14-8-3-2-5-12(14)10-17-13-7-4-6-11(9-13)15(16)18/h2-9,17H,10H2,1H3,(H2,16,18). The molecule has 4 nitrogen and oxygen atoms in total. The number of benzene rings is 2. The van der Waals surface area contributed by atoms with E-state index >= 15 is 0 Å². The zero-order chi connectivity index (χ0) is 13.7. The van der Waals surface area contributed by atoms with E-state index in [0.717, 1.165) is 17.0 Å². The SMILES string of the molecule is COc1ccccc1CNc1cccc(C(N)=O)c1. The lowest BCUT2D eigenvalue weighted by Gasteiger charge is -2.10. The van der Waals surface area contributed by atoms with Gasteiger partial charge in [-0.2, -0.15) is 0 Å². The highest BCUT2D eigenvalue weighted by atomic mass is 16.5. The maximum atomic E-state index is 11.1. The molecule has 0 fully saturated rings. The van der Waals surface area contributed by atoms with Crippen molar-refractivity contribution in [3.8, 4) is 5.75 Å². The van der Waals surface area contributed by atoms with Gasteiger partial charge in [0.25, 0.3) is 0 Å². The minimum atomic E-state index is -0.430. The smallest absolute Gasteiger partial charge is 0.248 e. The second-order valence-electron chi connectivity index (χ2n) is 4.11. The molecule has 1 amide bonds. The van der Waals surface area contributed by atoms with Gasteiger partial charge in [-0.25, -0.2) is 0 Å². The van der Waals surface area contributed by atoms with E-state index in [-0.39, 0.29) is 0 Å². The number of hydrogen-bond donors (Lipinski definition) is 2. The summed E-state index contributed by atoms with van der Waals surface area (Å²) in [6.07, 6.45) is 0.